The van der Waals surface area contributed by atoms with Crippen LogP contribution < -0.4 is 10.9 Å². The minimum absolute atomic E-state index is 0.333. The van der Waals surface area contributed by atoms with Crippen molar-refractivity contribution in [3.63, 3.8) is 0 Å². The number of rotatable bonds is 6. The summed E-state index contributed by atoms with van der Waals surface area (Å²) in [5.74, 6) is -1.66. The van der Waals surface area contributed by atoms with Crippen LogP contribution in [0.1, 0.15) is 17.3 Å². The summed E-state index contributed by atoms with van der Waals surface area (Å²) in [5, 5.41) is 0.0360. The number of ether oxygens (including phenoxy) is 1. The van der Waals surface area contributed by atoms with Crippen LogP contribution in [0.25, 0.3) is 0 Å². The van der Waals surface area contributed by atoms with Gasteiger partial charge in [-0.2, -0.15) is 0 Å². The molecule has 2 amide bonds. The number of thioether (sulfide) groups is 1. The zero-order valence-electron chi connectivity index (χ0n) is 13.9. The Morgan fingerprint density at radius 1 is 1.04 bits per heavy atom. The van der Waals surface area contributed by atoms with Crippen molar-refractivity contribution in [3.05, 3.63) is 65.2 Å². The fourth-order valence-electron chi connectivity index (χ4n) is 1.84. The molecule has 0 aliphatic heterocycles. The molecule has 2 N–H and O–H groups in total. The van der Waals surface area contributed by atoms with Crippen molar-refractivity contribution in [1.82, 2.24) is 10.9 Å². The van der Waals surface area contributed by atoms with Crippen molar-refractivity contribution < 1.29 is 19.1 Å². The van der Waals surface area contributed by atoms with E-state index in [1.165, 1.54) is 23.9 Å². The lowest BCUT2D eigenvalue weighted by molar-refractivity contribution is -0.147. The number of amides is 2. The predicted octanol–water partition coefficient (Wildman–Crippen LogP) is 2.83. The quantitative estimate of drug-likeness (QED) is 0.448. The number of halogens is 1. The van der Waals surface area contributed by atoms with E-state index in [4.69, 9.17) is 16.3 Å². The summed E-state index contributed by atoms with van der Waals surface area (Å²) in [6, 6.07) is 15.6. The van der Waals surface area contributed by atoms with E-state index in [2.05, 4.69) is 10.9 Å². The van der Waals surface area contributed by atoms with Gasteiger partial charge >= 0.3 is 5.97 Å². The molecule has 0 saturated heterocycles. The average molecular weight is 393 g/mol. The Labute approximate surface area is 160 Å². The van der Waals surface area contributed by atoms with Gasteiger partial charge in [-0.15, -0.1) is 11.8 Å². The van der Waals surface area contributed by atoms with Crippen LogP contribution in [-0.4, -0.2) is 29.6 Å². The minimum atomic E-state index is -0.641. The van der Waals surface area contributed by atoms with Gasteiger partial charge in [-0.1, -0.05) is 29.8 Å². The van der Waals surface area contributed by atoms with Crippen molar-refractivity contribution in [3.8, 4) is 0 Å². The lowest BCUT2D eigenvalue weighted by Gasteiger charge is -2.12. The monoisotopic (exact) mass is 392 g/mol. The first kappa shape index (κ1) is 19.8. The molecule has 1 atom stereocenters. The van der Waals surface area contributed by atoms with Crippen LogP contribution in [0.4, 0.5) is 0 Å². The van der Waals surface area contributed by atoms with E-state index in [0.29, 0.717) is 10.6 Å². The van der Waals surface area contributed by atoms with E-state index < -0.39 is 29.6 Å². The summed E-state index contributed by atoms with van der Waals surface area (Å²) in [6.07, 6.45) is 0. The smallest absolute Gasteiger partial charge is 0.319 e. The largest absolute Gasteiger partial charge is 0.455 e. The Morgan fingerprint density at radius 3 is 2.35 bits per heavy atom. The number of esters is 1. The third-order valence-electron chi connectivity index (χ3n) is 3.16. The number of hydrogen-bond donors (Lipinski definition) is 2. The van der Waals surface area contributed by atoms with Crippen LogP contribution >= 0.6 is 23.4 Å². The lowest BCUT2D eigenvalue weighted by atomic mass is 10.2. The molecule has 2 aromatic carbocycles. The van der Waals surface area contributed by atoms with Gasteiger partial charge in [0.2, 0.25) is 0 Å². The molecule has 0 heterocycles. The Kier molecular flexibility index (Phi) is 7.50. The van der Waals surface area contributed by atoms with Crippen molar-refractivity contribution in [2.75, 3.05) is 6.61 Å². The highest BCUT2D eigenvalue weighted by Gasteiger charge is 2.17. The van der Waals surface area contributed by atoms with Crippen LogP contribution in [0.3, 0.4) is 0 Å². The van der Waals surface area contributed by atoms with Crippen LogP contribution in [0.2, 0.25) is 5.02 Å². The van der Waals surface area contributed by atoms with Gasteiger partial charge in [0.25, 0.3) is 11.8 Å². The minimum Gasteiger partial charge on any atom is -0.455 e. The van der Waals surface area contributed by atoms with E-state index in [1.54, 1.807) is 19.1 Å². The van der Waals surface area contributed by atoms with Crippen molar-refractivity contribution in [1.29, 1.82) is 0 Å². The molecule has 0 spiro atoms. The first-order valence-corrected chi connectivity index (χ1v) is 8.94. The van der Waals surface area contributed by atoms with Gasteiger partial charge < -0.3 is 4.74 Å². The van der Waals surface area contributed by atoms with Crippen LogP contribution in [0.15, 0.2) is 59.5 Å². The molecule has 2 rings (SSSR count). The molecule has 2 aromatic rings. The highest BCUT2D eigenvalue weighted by Crippen LogP contribution is 2.23. The van der Waals surface area contributed by atoms with Gasteiger partial charge in [-0.25, -0.2) is 0 Å². The molecule has 0 radical (unpaired) electrons. The van der Waals surface area contributed by atoms with Gasteiger partial charge in [0.05, 0.1) is 0 Å². The second kappa shape index (κ2) is 9.84. The fourth-order valence-corrected chi connectivity index (χ4v) is 2.85. The van der Waals surface area contributed by atoms with Gasteiger partial charge in [0.1, 0.15) is 5.25 Å². The van der Waals surface area contributed by atoms with Gasteiger partial charge in [-0.3, -0.25) is 25.2 Å². The van der Waals surface area contributed by atoms with E-state index in [-0.39, 0.29) is 0 Å². The number of hydrogen-bond acceptors (Lipinski definition) is 5. The Bertz CT molecular complexity index is 769. The summed E-state index contributed by atoms with van der Waals surface area (Å²) >= 11 is 7.07. The zero-order chi connectivity index (χ0) is 18.9. The molecule has 136 valence electrons. The van der Waals surface area contributed by atoms with Crippen LogP contribution in [-0.2, 0) is 14.3 Å². The summed E-state index contributed by atoms with van der Waals surface area (Å²) < 4.78 is 4.95. The second-order valence-corrected chi connectivity index (χ2v) is 7.04. The fraction of sp³-hybridized carbons (Fsp3) is 0.167. The molecule has 0 unspecified atom stereocenters. The van der Waals surface area contributed by atoms with E-state index in [1.807, 2.05) is 30.3 Å². The molecule has 0 bridgehead atoms. The zero-order valence-corrected chi connectivity index (χ0v) is 15.5. The summed E-state index contributed by atoms with van der Waals surface area (Å²) in [4.78, 5) is 36.4. The molecular formula is C18H17ClN2O4S. The van der Waals surface area contributed by atoms with Crippen molar-refractivity contribution >= 4 is 41.1 Å². The van der Waals surface area contributed by atoms with Gasteiger partial charge in [0.15, 0.2) is 6.61 Å². The number of hydrazine groups is 1. The first-order valence-electron chi connectivity index (χ1n) is 7.69. The van der Waals surface area contributed by atoms with Gasteiger partial charge in [0, 0.05) is 15.5 Å². The Balaban J connectivity index is 1.71. The molecule has 0 aliphatic carbocycles. The highest BCUT2D eigenvalue weighted by molar-refractivity contribution is 8.00. The Morgan fingerprint density at radius 2 is 1.69 bits per heavy atom. The maximum absolute atomic E-state index is 11.9. The molecular weight excluding hydrogens is 376 g/mol. The van der Waals surface area contributed by atoms with Crippen LogP contribution in [0, 0.1) is 0 Å². The normalized spacial score (nSPS) is 11.3. The molecule has 0 aliphatic rings. The van der Waals surface area contributed by atoms with E-state index >= 15 is 0 Å². The molecule has 0 aromatic heterocycles. The topological polar surface area (TPSA) is 84.5 Å². The van der Waals surface area contributed by atoms with Crippen molar-refractivity contribution in [2.24, 2.45) is 0 Å². The maximum atomic E-state index is 11.9. The van der Waals surface area contributed by atoms with Gasteiger partial charge in [-0.05, 0) is 43.3 Å². The number of carbonyl (C=O) groups is 3. The number of carbonyl (C=O) groups excluding carboxylic acids is 3. The third kappa shape index (κ3) is 6.42. The Hall–Kier alpha value is -2.51. The first-order chi connectivity index (χ1) is 12.5. The van der Waals surface area contributed by atoms with Crippen molar-refractivity contribution in [2.45, 2.75) is 17.1 Å². The van der Waals surface area contributed by atoms with E-state index in [9.17, 15) is 14.4 Å². The molecule has 0 saturated carbocycles. The molecule has 8 heteroatoms. The van der Waals surface area contributed by atoms with E-state index in [0.717, 1.165) is 4.90 Å². The average Bonchev–Trinajstić information content (AvgIpc) is 2.65. The molecule has 0 fully saturated rings. The number of benzene rings is 2. The number of nitrogens with one attached hydrogen (secondary N) is 2. The third-order valence-corrected chi connectivity index (χ3v) is 4.50. The standard InChI is InChI=1S/C18H17ClN2O4S/c1-12(26-15-5-3-2-4-6-15)18(24)25-11-16(22)20-21-17(23)13-7-9-14(19)10-8-13/h2-10,12H,11H2,1H3,(H,20,22)(H,21,23)/t12-/m0/s1. The second-order valence-electron chi connectivity index (χ2n) is 5.19. The predicted molar refractivity (Wildman–Crippen MR) is 99.8 cm³/mol. The molecule has 26 heavy (non-hydrogen) atoms. The highest BCUT2D eigenvalue weighted by atomic mass is 35.5. The molecule has 6 nitrogen and oxygen atoms in total. The summed E-state index contributed by atoms with van der Waals surface area (Å²) in [5.41, 5.74) is 4.75. The summed E-state index contributed by atoms with van der Waals surface area (Å²) in [7, 11) is 0. The van der Waals surface area contributed by atoms with Crippen LogP contribution in [0.5, 0.6) is 0 Å². The SMILES string of the molecule is C[C@H](Sc1ccccc1)C(=O)OCC(=O)NNC(=O)c1ccc(Cl)cc1. The maximum Gasteiger partial charge on any atom is 0.319 e. The summed E-state index contributed by atoms with van der Waals surface area (Å²) in [6.45, 7) is 1.21. The lowest BCUT2D eigenvalue weighted by Crippen LogP contribution is -2.43.